The standard InChI is InChI=1S/C39H35N3O3S/c1-27(2)29-20-22-33(23-21-29)40-37(43)26-46-35-15-9-14-34(25-35)41-39(45)36(42-38(44)32-12-7-4-8-13-32)24-28-16-18-31(19-17-28)30-10-5-3-6-11-30/h3-25,27H,26H2,1-2H3,(H,40,43)(H,41,45)(H,42,44)/b36-24+. The summed E-state index contributed by atoms with van der Waals surface area (Å²) < 4.78 is 0. The highest BCUT2D eigenvalue weighted by Gasteiger charge is 2.16. The lowest BCUT2D eigenvalue weighted by molar-refractivity contribution is -0.114. The molecule has 0 aromatic heterocycles. The molecule has 5 aromatic carbocycles. The molecule has 46 heavy (non-hydrogen) atoms. The van der Waals surface area contributed by atoms with E-state index < -0.39 is 11.8 Å². The van der Waals surface area contributed by atoms with Crippen LogP contribution in [-0.2, 0) is 9.59 Å². The van der Waals surface area contributed by atoms with Crippen LogP contribution in [-0.4, -0.2) is 23.5 Å². The second-order valence-corrected chi connectivity index (χ2v) is 12.0. The minimum absolute atomic E-state index is 0.0993. The van der Waals surface area contributed by atoms with Crippen LogP contribution in [0.1, 0.15) is 41.3 Å². The predicted octanol–water partition coefficient (Wildman–Crippen LogP) is 8.62. The summed E-state index contributed by atoms with van der Waals surface area (Å²) in [5.41, 5.74) is 5.93. The molecule has 7 heteroatoms. The van der Waals surface area contributed by atoms with Gasteiger partial charge in [-0.05, 0) is 76.7 Å². The number of nitrogens with one attached hydrogen (secondary N) is 3. The van der Waals surface area contributed by atoms with Gasteiger partial charge in [-0.15, -0.1) is 11.8 Å². The van der Waals surface area contributed by atoms with E-state index in [4.69, 9.17) is 0 Å². The van der Waals surface area contributed by atoms with E-state index in [2.05, 4.69) is 29.8 Å². The predicted molar refractivity (Wildman–Crippen MR) is 189 cm³/mol. The lowest BCUT2D eigenvalue weighted by atomic mass is 10.0. The Balaban J connectivity index is 1.27. The van der Waals surface area contributed by atoms with Crippen molar-refractivity contribution in [2.24, 2.45) is 0 Å². The summed E-state index contributed by atoms with van der Waals surface area (Å²) in [7, 11) is 0. The highest BCUT2D eigenvalue weighted by Crippen LogP contribution is 2.24. The molecule has 6 nitrogen and oxygen atoms in total. The smallest absolute Gasteiger partial charge is 0.272 e. The van der Waals surface area contributed by atoms with Gasteiger partial charge < -0.3 is 16.0 Å². The van der Waals surface area contributed by atoms with E-state index >= 15 is 0 Å². The molecule has 0 unspecified atom stereocenters. The molecule has 0 aliphatic rings. The molecule has 3 amide bonds. The first kappa shape index (κ1) is 32.0. The fourth-order valence-electron chi connectivity index (χ4n) is 4.67. The van der Waals surface area contributed by atoms with Crippen LogP contribution in [0, 0.1) is 0 Å². The van der Waals surface area contributed by atoms with Gasteiger partial charge in [-0.2, -0.15) is 0 Å². The summed E-state index contributed by atoms with van der Waals surface area (Å²) in [6.07, 6.45) is 1.65. The van der Waals surface area contributed by atoms with Crippen molar-refractivity contribution in [2.75, 3.05) is 16.4 Å². The average molecular weight is 626 g/mol. The molecule has 0 aliphatic heterocycles. The fourth-order valence-corrected chi connectivity index (χ4v) is 5.43. The van der Waals surface area contributed by atoms with Gasteiger partial charge in [0, 0.05) is 21.8 Å². The van der Waals surface area contributed by atoms with Gasteiger partial charge in [-0.1, -0.05) is 105 Å². The van der Waals surface area contributed by atoms with Crippen LogP contribution in [0.4, 0.5) is 11.4 Å². The maximum absolute atomic E-state index is 13.6. The number of carbonyl (C=O) groups excluding carboxylic acids is 3. The number of amides is 3. The highest BCUT2D eigenvalue weighted by molar-refractivity contribution is 8.00. The van der Waals surface area contributed by atoms with Gasteiger partial charge in [0.2, 0.25) is 5.91 Å². The quantitative estimate of drug-likeness (QED) is 0.101. The van der Waals surface area contributed by atoms with E-state index in [9.17, 15) is 14.4 Å². The van der Waals surface area contributed by atoms with E-state index in [1.165, 1.54) is 17.3 Å². The molecule has 0 aliphatic carbocycles. The number of benzene rings is 5. The van der Waals surface area contributed by atoms with Crippen LogP contribution in [0.5, 0.6) is 0 Å². The number of anilines is 2. The van der Waals surface area contributed by atoms with Crippen LogP contribution >= 0.6 is 11.8 Å². The summed E-state index contributed by atoms with van der Waals surface area (Å²) >= 11 is 1.37. The van der Waals surface area contributed by atoms with Crippen LogP contribution < -0.4 is 16.0 Å². The maximum atomic E-state index is 13.6. The summed E-state index contributed by atoms with van der Waals surface area (Å²) in [4.78, 5) is 40.0. The molecule has 230 valence electrons. The average Bonchev–Trinajstić information content (AvgIpc) is 3.08. The number of rotatable bonds is 11. The molecule has 0 fully saturated rings. The third-order valence-corrected chi connectivity index (χ3v) is 8.17. The number of hydrogen-bond acceptors (Lipinski definition) is 4. The van der Waals surface area contributed by atoms with E-state index in [1.54, 1.807) is 42.5 Å². The molecule has 5 rings (SSSR count). The molecule has 0 atom stereocenters. The molecule has 5 aromatic rings. The molecule has 0 saturated heterocycles. The molecule has 0 radical (unpaired) electrons. The number of carbonyl (C=O) groups is 3. The van der Waals surface area contributed by atoms with E-state index in [0.29, 0.717) is 17.2 Å². The van der Waals surface area contributed by atoms with Crippen molar-refractivity contribution in [3.8, 4) is 11.1 Å². The van der Waals surface area contributed by atoms with Gasteiger partial charge in [0.25, 0.3) is 11.8 Å². The molecule has 3 N–H and O–H groups in total. The molecular weight excluding hydrogens is 591 g/mol. The first-order chi connectivity index (χ1) is 22.3. The zero-order valence-electron chi connectivity index (χ0n) is 25.7. The van der Waals surface area contributed by atoms with Gasteiger partial charge in [0.15, 0.2) is 0 Å². The zero-order chi connectivity index (χ0) is 32.3. The minimum Gasteiger partial charge on any atom is -0.325 e. The van der Waals surface area contributed by atoms with Gasteiger partial charge in [-0.25, -0.2) is 0 Å². The Morgan fingerprint density at radius 3 is 2.00 bits per heavy atom. The Hall–Kier alpha value is -5.40. The second kappa shape index (κ2) is 15.5. The lowest BCUT2D eigenvalue weighted by Gasteiger charge is -2.12. The highest BCUT2D eigenvalue weighted by atomic mass is 32.2. The van der Waals surface area contributed by atoms with Crippen molar-refractivity contribution >= 4 is 46.9 Å². The van der Waals surface area contributed by atoms with Crippen molar-refractivity contribution in [3.05, 3.63) is 156 Å². The molecule has 0 heterocycles. The summed E-state index contributed by atoms with van der Waals surface area (Å²) in [6, 6.07) is 41.7. The molecular formula is C39H35N3O3S. The Morgan fingerprint density at radius 2 is 1.33 bits per heavy atom. The Kier molecular flexibility index (Phi) is 10.8. The minimum atomic E-state index is -0.471. The van der Waals surface area contributed by atoms with E-state index in [-0.39, 0.29) is 17.4 Å². The molecule has 0 saturated carbocycles. The molecule has 0 spiro atoms. The van der Waals surface area contributed by atoms with Crippen LogP contribution in [0.2, 0.25) is 0 Å². The second-order valence-electron chi connectivity index (χ2n) is 11.0. The van der Waals surface area contributed by atoms with E-state index in [1.807, 2.05) is 97.1 Å². The normalized spacial score (nSPS) is 11.2. The topological polar surface area (TPSA) is 87.3 Å². The Labute approximate surface area is 274 Å². The summed E-state index contributed by atoms with van der Waals surface area (Å²) in [5.74, 6) is -0.353. The van der Waals surface area contributed by atoms with Gasteiger partial charge in [0.1, 0.15) is 5.70 Å². The first-order valence-electron chi connectivity index (χ1n) is 15.0. The SMILES string of the molecule is CC(C)c1ccc(NC(=O)CSc2cccc(NC(=O)/C(=C\c3ccc(-c4ccccc4)cc3)NC(=O)c3ccccc3)c2)cc1. The van der Waals surface area contributed by atoms with Crippen LogP contribution in [0.15, 0.2) is 144 Å². The fraction of sp³-hybridized carbons (Fsp3) is 0.103. The van der Waals surface area contributed by atoms with Crippen molar-refractivity contribution < 1.29 is 14.4 Å². The van der Waals surface area contributed by atoms with Crippen LogP contribution in [0.3, 0.4) is 0 Å². The van der Waals surface area contributed by atoms with Gasteiger partial charge in [-0.3, -0.25) is 14.4 Å². The summed E-state index contributed by atoms with van der Waals surface area (Å²) in [6.45, 7) is 4.26. The maximum Gasteiger partial charge on any atom is 0.272 e. The first-order valence-corrected chi connectivity index (χ1v) is 16.0. The van der Waals surface area contributed by atoms with Gasteiger partial charge >= 0.3 is 0 Å². The third kappa shape index (κ3) is 9.06. The molecule has 0 bridgehead atoms. The Morgan fingerprint density at radius 1 is 0.674 bits per heavy atom. The monoisotopic (exact) mass is 625 g/mol. The zero-order valence-corrected chi connectivity index (χ0v) is 26.5. The lowest BCUT2D eigenvalue weighted by Crippen LogP contribution is -2.30. The summed E-state index contributed by atoms with van der Waals surface area (Å²) in [5, 5.41) is 8.62. The van der Waals surface area contributed by atoms with E-state index in [0.717, 1.165) is 27.3 Å². The number of hydrogen-bond donors (Lipinski definition) is 3. The number of thioether (sulfide) groups is 1. The third-order valence-electron chi connectivity index (χ3n) is 7.18. The van der Waals surface area contributed by atoms with Crippen LogP contribution in [0.25, 0.3) is 17.2 Å². The Bertz CT molecular complexity index is 1820. The largest absolute Gasteiger partial charge is 0.325 e. The van der Waals surface area contributed by atoms with Crippen molar-refractivity contribution in [2.45, 2.75) is 24.7 Å². The van der Waals surface area contributed by atoms with Gasteiger partial charge in [0.05, 0.1) is 5.75 Å². The van der Waals surface area contributed by atoms with Crippen molar-refractivity contribution in [1.82, 2.24) is 5.32 Å². The van der Waals surface area contributed by atoms with Crippen molar-refractivity contribution in [3.63, 3.8) is 0 Å². The van der Waals surface area contributed by atoms with Crippen molar-refractivity contribution in [1.29, 1.82) is 0 Å².